The van der Waals surface area contributed by atoms with E-state index in [9.17, 15) is 0 Å². The van der Waals surface area contributed by atoms with Crippen molar-refractivity contribution in [1.29, 1.82) is 0 Å². The van der Waals surface area contributed by atoms with Crippen molar-refractivity contribution >= 4 is 5.84 Å². The molecule has 0 aromatic carbocycles. The molecule has 0 aromatic rings. The van der Waals surface area contributed by atoms with E-state index in [0.29, 0.717) is 0 Å². The molecule has 0 spiro atoms. The van der Waals surface area contributed by atoms with E-state index in [2.05, 4.69) is 37.8 Å². The topological polar surface area (TPSA) is 15.6 Å². The van der Waals surface area contributed by atoms with Crippen LogP contribution in [0.25, 0.3) is 0 Å². The first-order valence-electron chi connectivity index (χ1n) is 9.86. The first kappa shape index (κ1) is 21.5. The molecule has 0 aliphatic rings. The Morgan fingerprint density at radius 3 is 1.36 bits per heavy atom. The van der Waals surface area contributed by atoms with Gasteiger partial charge in [-0.2, -0.15) is 0 Å². The van der Waals surface area contributed by atoms with Gasteiger partial charge in [0.15, 0.2) is 0 Å². The van der Waals surface area contributed by atoms with Crippen LogP contribution in [0.15, 0.2) is 4.99 Å². The lowest BCUT2D eigenvalue weighted by Gasteiger charge is -2.10. The monoisotopic (exact) mass is 310 g/mol. The van der Waals surface area contributed by atoms with Crippen LogP contribution in [0.3, 0.4) is 0 Å². The van der Waals surface area contributed by atoms with E-state index in [1.807, 2.05) is 0 Å². The number of hydrogen-bond acceptors (Lipinski definition) is 1. The molecule has 132 valence electrons. The molecule has 2 nitrogen and oxygen atoms in total. The van der Waals surface area contributed by atoms with Crippen molar-refractivity contribution in [2.75, 3.05) is 20.6 Å². The molecule has 0 amide bonds. The lowest BCUT2D eigenvalue weighted by Crippen LogP contribution is -2.18. The van der Waals surface area contributed by atoms with Crippen LogP contribution in [0.4, 0.5) is 0 Å². The molecule has 0 aliphatic heterocycles. The third kappa shape index (κ3) is 15.9. The third-order valence-electron chi connectivity index (χ3n) is 4.50. The molecule has 0 aromatic heterocycles. The minimum atomic E-state index is 1.00. The summed E-state index contributed by atoms with van der Waals surface area (Å²) in [5.74, 6) is 1.15. The number of amidine groups is 1. The second-order valence-electron chi connectivity index (χ2n) is 6.92. The predicted molar refractivity (Wildman–Crippen MR) is 102 cm³/mol. The highest BCUT2D eigenvalue weighted by molar-refractivity contribution is 5.79. The van der Waals surface area contributed by atoms with Crippen molar-refractivity contribution in [1.82, 2.24) is 4.90 Å². The first-order valence-corrected chi connectivity index (χ1v) is 9.86. The summed E-state index contributed by atoms with van der Waals surface area (Å²) >= 11 is 0. The maximum absolute atomic E-state index is 4.56. The van der Waals surface area contributed by atoms with Crippen molar-refractivity contribution in [3.05, 3.63) is 0 Å². The van der Waals surface area contributed by atoms with E-state index in [1.54, 1.807) is 0 Å². The molecule has 2 heteroatoms. The van der Waals surface area contributed by atoms with Gasteiger partial charge in [-0.05, 0) is 13.3 Å². The Labute approximate surface area is 140 Å². The summed E-state index contributed by atoms with van der Waals surface area (Å²) < 4.78 is 0. The highest BCUT2D eigenvalue weighted by Gasteiger charge is 1.95. The molecular weight excluding hydrogens is 268 g/mol. The van der Waals surface area contributed by atoms with Crippen molar-refractivity contribution in [2.24, 2.45) is 4.99 Å². The minimum absolute atomic E-state index is 1.00. The highest BCUT2D eigenvalue weighted by Crippen LogP contribution is 2.12. The van der Waals surface area contributed by atoms with Crippen LogP contribution in [-0.2, 0) is 0 Å². The van der Waals surface area contributed by atoms with E-state index >= 15 is 0 Å². The molecular formula is C20H42N2. The summed E-state index contributed by atoms with van der Waals surface area (Å²) in [5, 5.41) is 0. The molecule has 0 saturated carbocycles. The van der Waals surface area contributed by atoms with Crippen LogP contribution in [-0.4, -0.2) is 31.4 Å². The van der Waals surface area contributed by atoms with Gasteiger partial charge in [0.1, 0.15) is 0 Å². The molecule has 0 heterocycles. The first-order chi connectivity index (χ1) is 10.7. The van der Waals surface area contributed by atoms with Crippen molar-refractivity contribution in [3.63, 3.8) is 0 Å². The van der Waals surface area contributed by atoms with Gasteiger partial charge in [0.25, 0.3) is 0 Å². The molecule has 22 heavy (non-hydrogen) atoms. The standard InChI is InChI=1S/C20H42N2/c1-5-6-7-8-9-10-11-12-13-14-15-16-17-18-19-21-20(2)22(3)4/h5-19H2,1-4H3/b21-20+. The number of hydrogen-bond donors (Lipinski definition) is 0. The van der Waals surface area contributed by atoms with E-state index in [-0.39, 0.29) is 0 Å². The molecule has 0 aliphatic carbocycles. The van der Waals surface area contributed by atoms with Crippen molar-refractivity contribution < 1.29 is 0 Å². The van der Waals surface area contributed by atoms with Gasteiger partial charge in [-0.1, -0.05) is 90.4 Å². The second-order valence-corrected chi connectivity index (χ2v) is 6.92. The van der Waals surface area contributed by atoms with Gasteiger partial charge >= 0.3 is 0 Å². The summed E-state index contributed by atoms with van der Waals surface area (Å²) in [4.78, 5) is 6.65. The summed E-state index contributed by atoms with van der Waals surface area (Å²) in [7, 11) is 4.12. The number of unbranched alkanes of at least 4 members (excludes halogenated alkanes) is 13. The molecule has 0 saturated heterocycles. The normalized spacial score (nSPS) is 11.9. The summed E-state index contributed by atoms with van der Waals surface area (Å²) in [5.41, 5.74) is 0. The van der Waals surface area contributed by atoms with Crippen LogP contribution in [0.1, 0.15) is 104 Å². The van der Waals surface area contributed by atoms with Crippen LogP contribution in [0.2, 0.25) is 0 Å². The van der Waals surface area contributed by atoms with E-state index < -0.39 is 0 Å². The fraction of sp³-hybridized carbons (Fsp3) is 0.950. The fourth-order valence-corrected chi connectivity index (χ4v) is 2.69. The van der Waals surface area contributed by atoms with Crippen molar-refractivity contribution in [2.45, 2.75) is 104 Å². The van der Waals surface area contributed by atoms with Crippen molar-refractivity contribution in [3.8, 4) is 0 Å². The van der Waals surface area contributed by atoms with Gasteiger partial charge in [0.05, 0.1) is 5.84 Å². The Morgan fingerprint density at radius 2 is 1.00 bits per heavy atom. The minimum Gasteiger partial charge on any atom is -0.367 e. The molecule has 0 radical (unpaired) electrons. The summed E-state index contributed by atoms with van der Waals surface area (Å²) in [6.45, 7) is 5.38. The quantitative estimate of drug-likeness (QED) is 0.193. The molecule has 0 rings (SSSR count). The fourth-order valence-electron chi connectivity index (χ4n) is 2.69. The van der Waals surface area contributed by atoms with Crippen LogP contribution < -0.4 is 0 Å². The Hall–Kier alpha value is -0.530. The van der Waals surface area contributed by atoms with E-state index in [4.69, 9.17) is 0 Å². The summed E-state index contributed by atoms with van der Waals surface area (Å²) in [6.07, 6.45) is 19.9. The van der Waals surface area contributed by atoms with Gasteiger partial charge < -0.3 is 4.90 Å². The molecule has 0 unspecified atom stereocenters. The van der Waals surface area contributed by atoms with Gasteiger partial charge in [-0.15, -0.1) is 0 Å². The molecule has 0 bridgehead atoms. The molecule has 0 fully saturated rings. The van der Waals surface area contributed by atoms with Gasteiger partial charge in [-0.3, -0.25) is 4.99 Å². The van der Waals surface area contributed by atoms with Crippen LogP contribution in [0.5, 0.6) is 0 Å². The van der Waals surface area contributed by atoms with Gasteiger partial charge in [0, 0.05) is 20.6 Å². The maximum Gasteiger partial charge on any atom is 0.0952 e. The zero-order valence-corrected chi connectivity index (χ0v) is 16.0. The Balaban J connectivity index is 3.10. The number of aliphatic imine (C=N–C) groups is 1. The average molecular weight is 311 g/mol. The Morgan fingerprint density at radius 1 is 0.636 bits per heavy atom. The SMILES string of the molecule is CCCCCCCCCCCCCCCC/N=C(\C)N(C)C. The second kappa shape index (κ2) is 16.8. The lowest BCUT2D eigenvalue weighted by atomic mass is 10.0. The third-order valence-corrected chi connectivity index (χ3v) is 4.50. The predicted octanol–water partition coefficient (Wildman–Crippen LogP) is 6.45. The summed E-state index contributed by atoms with van der Waals surface area (Å²) in [6, 6.07) is 0. The number of rotatable bonds is 15. The smallest absolute Gasteiger partial charge is 0.0952 e. The highest BCUT2D eigenvalue weighted by atomic mass is 15.1. The largest absolute Gasteiger partial charge is 0.367 e. The Kier molecular flexibility index (Phi) is 16.4. The van der Waals surface area contributed by atoms with Gasteiger partial charge in [0.2, 0.25) is 0 Å². The lowest BCUT2D eigenvalue weighted by molar-refractivity contribution is 0.536. The molecule has 0 atom stereocenters. The van der Waals surface area contributed by atoms with E-state index in [0.717, 1.165) is 12.4 Å². The maximum atomic E-state index is 4.56. The Bertz CT molecular complexity index is 246. The molecule has 0 N–H and O–H groups in total. The number of nitrogens with zero attached hydrogens (tertiary/aromatic N) is 2. The van der Waals surface area contributed by atoms with Gasteiger partial charge in [-0.25, -0.2) is 0 Å². The average Bonchev–Trinajstić information content (AvgIpc) is 2.50. The van der Waals surface area contributed by atoms with Crippen LogP contribution >= 0.6 is 0 Å². The van der Waals surface area contributed by atoms with Crippen LogP contribution in [0, 0.1) is 0 Å². The zero-order chi connectivity index (χ0) is 16.5. The van der Waals surface area contributed by atoms with E-state index in [1.165, 1.54) is 89.9 Å². The zero-order valence-electron chi connectivity index (χ0n) is 16.0.